The molecule has 3 fully saturated rings. The third kappa shape index (κ3) is 2.70. The molecule has 5 rings (SSSR count). The smallest absolute Gasteiger partial charge is 0.312 e. The van der Waals surface area contributed by atoms with Crippen molar-refractivity contribution in [3.05, 3.63) is 23.8 Å². The molecule has 0 amide bonds. The zero-order chi connectivity index (χ0) is 22.2. The van der Waals surface area contributed by atoms with Crippen LogP contribution in [0.4, 0.5) is 0 Å². The van der Waals surface area contributed by atoms with Crippen LogP contribution >= 0.6 is 0 Å². The minimum absolute atomic E-state index is 0.0360. The number of fused-ring (bicyclic) bond motifs is 7. The van der Waals surface area contributed by atoms with Gasteiger partial charge in [-0.3, -0.25) is 9.59 Å². The van der Waals surface area contributed by atoms with Gasteiger partial charge in [0.05, 0.1) is 12.5 Å². The summed E-state index contributed by atoms with van der Waals surface area (Å²) in [6, 6.07) is 0. The molecule has 0 saturated heterocycles. The van der Waals surface area contributed by atoms with Crippen LogP contribution in [0.3, 0.4) is 0 Å². The van der Waals surface area contributed by atoms with Crippen LogP contribution in [-0.2, 0) is 14.3 Å². The van der Waals surface area contributed by atoms with E-state index < -0.39 is 0 Å². The summed E-state index contributed by atoms with van der Waals surface area (Å²) < 4.78 is 5.41. The lowest BCUT2D eigenvalue weighted by Gasteiger charge is -2.65. The Bertz CT molecular complexity index is 854. The van der Waals surface area contributed by atoms with Crippen LogP contribution in [0.1, 0.15) is 79.1 Å². The van der Waals surface area contributed by atoms with Crippen LogP contribution < -0.4 is 0 Å². The first-order valence-corrected chi connectivity index (χ1v) is 12.7. The zero-order valence-corrected chi connectivity index (χ0v) is 20.1. The number of ether oxygens (including phenoxy) is 1. The van der Waals surface area contributed by atoms with Crippen LogP contribution in [0.5, 0.6) is 0 Å². The van der Waals surface area contributed by atoms with Crippen molar-refractivity contribution in [2.75, 3.05) is 7.11 Å². The van der Waals surface area contributed by atoms with Gasteiger partial charge in [0, 0.05) is 5.92 Å². The average Bonchev–Trinajstić information content (AvgIpc) is 2.75. The van der Waals surface area contributed by atoms with Crippen molar-refractivity contribution in [3.8, 4) is 0 Å². The molecule has 0 bridgehead atoms. The van der Waals surface area contributed by atoms with Gasteiger partial charge >= 0.3 is 5.97 Å². The molecule has 5 aliphatic carbocycles. The van der Waals surface area contributed by atoms with Gasteiger partial charge in [0.15, 0.2) is 5.78 Å². The Kier molecular flexibility index (Phi) is 4.89. The predicted octanol–water partition coefficient (Wildman–Crippen LogP) is 6.14. The number of allylic oxidation sites excluding steroid dienone is 4. The van der Waals surface area contributed by atoms with Crippen molar-refractivity contribution in [2.24, 2.45) is 51.8 Å². The fourth-order valence-corrected chi connectivity index (χ4v) is 9.59. The maximum absolute atomic E-state index is 13.1. The fraction of sp³-hybridized carbons (Fsp3) is 0.786. The Hall–Kier alpha value is -1.38. The van der Waals surface area contributed by atoms with Crippen molar-refractivity contribution in [1.29, 1.82) is 0 Å². The quantitative estimate of drug-likeness (QED) is 0.375. The molecule has 9 unspecified atom stereocenters. The summed E-state index contributed by atoms with van der Waals surface area (Å²) in [6.07, 6.45) is 15.6. The van der Waals surface area contributed by atoms with E-state index in [-0.39, 0.29) is 28.1 Å². The van der Waals surface area contributed by atoms with Gasteiger partial charge in [-0.2, -0.15) is 0 Å². The summed E-state index contributed by atoms with van der Waals surface area (Å²) >= 11 is 0. The van der Waals surface area contributed by atoms with E-state index >= 15 is 0 Å². The molecule has 0 aromatic carbocycles. The van der Waals surface area contributed by atoms with Gasteiger partial charge < -0.3 is 4.74 Å². The summed E-state index contributed by atoms with van der Waals surface area (Å²) in [5, 5.41) is 0. The van der Waals surface area contributed by atoms with Crippen molar-refractivity contribution in [3.63, 3.8) is 0 Å². The van der Waals surface area contributed by atoms with Crippen molar-refractivity contribution < 1.29 is 14.3 Å². The first-order chi connectivity index (χ1) is 14.7. The van der Waals surface area contributed by atoms with Gasteiger partial charge in [0.25, 0.3) is 0 Å². The summed E-state index contributed by atoms with van der Waals surface area (Å²) in [7, 11) is 1.58. The molecule has 3 saturated carbocycles. The zero-order valence-electron chi connectivity index (χ0n) is 20.1. The molecule has 0 aromatic heterocycles. The predicted molar refractivity (Wildman–Crippen MR) is 122 cm³/mol. The molecule has 5 aliphatic rings. The summed E-state index contributed by atoms with van der Waals surface area (Å²) in [4.78, 5) is 25.6. The summed E-state index contributed by atoms with van der Waals surface area (Å²) in [6.45, 7) is 9.50. The molecule has 0 heterocycles. The molecule has 170 valence electrons. The highest BCUT2D eigenvalue weighted by Gasteiger charge is 2.63. The van der Waals surface area contributed by atoms with Gasteiger partial charge in [-0.15, -0.1) is 0 Å². The number of carbonyl (C=O) groups excluding carboxylic acids is 2. The monoisotopic (exact) mass is 424 g/mol. The minimum atomic E-state index is -0.301. The third-order valence-corrected chi connectivity index (χ3v) is 11.1. The van der Waals surface area contributed by atoms with E-state index in [4.69, 9.17) is 4.74 Å². The molecule has 9 atom stereocenters. The molecular weight excluding hydrogens is 384 g/mol. The normalized spacial score (nSPS) is 51.0. The van der Waals surface area contributed by atoms with Crippen LogP contribution in [0.25, 0.3) is 0 Å². The Balaban J connectivity index is 1.57. The Labute approximate surface area is 188 Å². The van der Waals surface area contributed by atoms with E-state index in [1.807, 2.05) is 6.08 Å². The number of rotatable bonds is 1. The van der Waals surface area contributed by atoms with Crippen molar-refractivity contribution in [2.45, 2.75) is 79.1 Å². The number of esters is 1. The van der Waals surface area contributed by atoms with E-state index in [9.17, 15) is 9.59 Å². The number of hydrogen-bond acceptors (Lipinski definition) is 3. The van der Waals surface area contributed by atoms with Gasteiger partial charge in [0.1, 0.15) is 0 Å². The highest BCUT2D eigenvalue weighted by atomic mass is 16.5. The minimum Gasteiger partial charge on any atom is -0.469 e. The van der Waals surface area contributed by atoms with E-state index in [0.29, 0.717) is 35.4 Å². The summed E-state index contributed by atoms with van der Waals surface area (Å²) in [5.41, 5.74) is 1.63. The molecule has 0 N–H and O–H groups in total. The van der Waals surface area contributed by atoms with Crippen LogP contribution in [0, 0.1) is 51.8 Å². The highest BCUT2D eigenvalue weighted by molar-refractivity contribution is 5.93. The molecule has 0 aromatic rings. The first-order valence-electron chi connectivity index (χ1n) is 12.7. The SMILES string of the molecule is COC(=O)C12CCCC(C)C1C1=CCC3C4(C)C=CC(=O)C(C)C4CCC3(C)C1CC2. The topological polar surface area (TPSA) is 43.4 Å². The second-order valence-electron chi connectivity index (χ2n) is 12.1. The molecule has 0 aliphatic heterocycles. The highest BCUT2D eigenvalue weighted by Crippen LogP contribution is 2.69. The third-order valence-electron chi connectivity index (χ3n) is 11.1. The Morgan fingerprint density at radius 3 is 2.61 bits per heavy atom. The van der Waals surface area contributed by atoms with Crippen LogP contribution in [0.15, 0.2) is 23.8 Å². The van der Waals surface area contributed by atoms with Gasteiger partial charge in [-0.05, 0) is 85.0 Å². The van der Waals surface area contributed by atoms with E-state index in [1.54, 1.807) is 12.7 Å². The number of ketones is 1. The van der Waals surface area contributed by atoms with Crippen molar-refractivity contribution >= 4 is 11.8 Å². The lowest BCUT2D eigenvalue weighted by atomic mass is 9.39. The van der Waals surface area contributed by atoms with E-state index in [1.165, 1.54) is 12.8 Å². The molecule has 3 nitrogen and oxygen atoms in total. The van der Waals surface area contributed by atoms with Gasteiger partial charge in [-0.25, -0.2) is 0 Å². The average molecular weight is 425 g/mol. The van der Waals surface area contributed by atoms with Crippen molar-refractivity contribution in [1.82, 2.24) is 0 Å². The Morgan fingerprint density at radius 2 is 1.87 bits per heavy atom. The lowest BCUT2D eigenvalue weighted by molar-refractivity contribution is -0.166. The standard InChI is InChI=1S/C28H40O3/c1-17-7-6-13-28(25(30)31-5)16-11-21-19(24(17)28)8-9-23-26(3)15-12-22(29)18(2)20(26)10-14-27(21,23)4/h8,12,15,17-18,20-21,23-24H,6-7,9-11,13-14,16H2,1-5H3. The molecule has 0 spiro atoms. The van der Waals surface area contributed by atoms with E-state index in [2.05, 4.69) is 39.8 Å². The van der Waals surface area contributed by atoms with Gasteiger partial charge in [-0.1, -0.05) is 58.3 Å². The number of hydrogen-bond donors (Lipinski definition) is 0. The number of methoxy groups -OCH3 is 1. The Morgan fingerprint density at radius 1 is 1.10 bits per heavy atom. The maximum atomic E-state index is 13.1. The number of carbonyl (C=O) groups is 2. The molecular formula is C28H40O3. The van der Waals surface area contributed by atoms with Crippen LogP contribution in [0.2, 0.25) is 0 Å². The first kappa shape index (κ1) is 21.5. The second kappa shape index (κ2) is 7.06. The van der Waals surface area contributed by atoms with Gasteiger partial charge in [0.2, 0.25) is 0 Å². The maximum Gasteiger partial charge on any atom is 0.312 e. The molecule has 3 heteroatoms. The lowest BCUT2D eigenvalue weighted by Crippen LogP contribution is -2.59. The molecule has 31 heavy (non-hydrogen) atoms. The van der Waals surface area contributed by atoms with E-state index in [0.717, 1.165) is 38.5 Å². The largest absolute Gasteiger partial charge is 0.469 e. The fourth-order valence-electron chi connectivity index (χ4n) is 9.59. The molecule has 0 radical (unpaired) electrons. The summed E-state index contributed by atoms with van der Waals surface area (Å²) in [5.74, 6) is 2.98. The van der Waals surface area contributed by atoms with Crippen LogP contribution in [-0.4, -0.2) is 18.9 Å². The second-order valence-corrected chi connectivity index (χ2v) is 12.1.